The molecule has 1 nitrogen and oxygen atoms in total. The second kappa shape index (κ2) is 4.93. The smallest absolute Gasteiger partial charge is 0.145 e. The second-order valence-corrected chi connectivity index (χ2v) is 5.50. The second-order valence-electron chi connectivity index (χ2n) is 4.65. The molecule has 3 rings (SSSR count). The molecule has 1 aliphatic rings. The van der Waals surface area contributed by atoms with E-state index < -0.39 is 11.6 Å². The van der Waals surface area contributed by atoms with Crippen molar-refractivity contribution in [1.82, 2.24) is 0 Å². The van der Waals surface area contributed by atoms with Crippen molar-refractivity contribution in [3.8, 4) is 0 Å². The van der Waals surface area contributed by atoms with Crippen molar-refractivity contribution in [1.29, 1.82) is 0 Å². The van der Waals surface area contributed by atoms with Gasteiger partial charge in [-0.3, -0.25) is 0 Å². The molecular weight excluding hydrogens is 312 g/mol. The normalized spacial score (nSPS) is 17.7. The Morgan fingerprint density at radius 1 is 1.11 bits per heavy atom. The lowest BCUT2D eigenvalue weighted by molar-refractivity contribution is 0.517. The van der Waals surface area contributed by atoms with E-state index in [0.717, 1.165) is 12.1 Å². The highest BCUT2D eigenvalue weighted by Crippen LogP contribution is 2.36. The number of hydrogen-bond acceptors (Lipinski definition) is 1. The monoisotopic (exact) mass is 323 g/mol. The summed E-state index contributed by atoms with van der Waals surface area (Å²) in [4.78, 5) is 0. The molecule has 2 aromatic carbocycles. The molecule has 0 fully saturated rings. The Bertz CT molecular complexity index is 628. The molecule has 19 heavy (non-hydrogen) atoms. The first-order valence-electron chi connectivity index (χ1n) is 6.14. The third-order valence-corrected chi connectivity index (χ3v) is 4.09. The van der Waals surface area contributed by atoms with Gasteiger partial charge in [-0.2, -0.15) is 0 Å². The predicted octanol–water partition coefficient (Wildman–Crippen LogP) is 4.83. The third-order valence-electron chi connectivity index (χ3n) is 3.48. The van der Waals surface area contributed by atoms with E-state index >= 15 is 0 Å². The van der Waals surface area contributed by atoms with Crippen molar-refractivity contribution < 1.29 is 8.78 Å². The minimum atomic E-state index is -0.517. The molecule has 98 valence electrons. The van der Waals surface area contributed by atoms with Crippen LogP contribution in [0.1, 0.15) is 23.6 Å². The number of benzene rings is 2. The number of hydrogen-bond donors (Lipinski definition) is 1. The summed E-state index contributed by atoms with van der Waals surface area (Å²) in [6.45, 7) is 0. The number of para-hydroxylation sites is 1. The Morgan fingerprint density at radius 2 is 1.89 bits per heavy atom. The number of rotatable bonds is 1. The fraction of sp³-hybridized carbons (Fsp3) is 0.200. The zero-order chi connectivity index (χ0) is 13.4. The van der Waals surface area contributed by atoms with Crippen molar-refractivity contribution in [2.24, 2.45) is 0 Å². The van der Waals surface area contributed by atoms with E-state index in [0.29, 0.717) is 10.9 Å². The number of aryl methyl sites for hydroxylation is 1. The van der Waals surface area contributed by atoms with Gasteiger partial charge in [-0.25, -0.2) is 8.78 Å². The molecule has 0 spiro atoms. The van der Waals surface area contributed by atoms with Crippen LogP contribution < -0.4 is 5.32 Å². The molecule has 1 N–H and O–H groups in total. The summed E-state index contributed by atoms with van der Waals surface area (Å²) in [5.74, 6) is -1.02. The molecule has 0 saturated heterocycles. The first-order chi connectivity index (χ1) is 9.16. The predicted molar refractivity (Wildman–Crippen MR) is 75.2 cm³/mol. The van der Waals surface area contributed by atoms with Gasteiger partial charge in [0.25, 0.3) is 0 Å². The maximum absolute atomic E-state index is 14.1. The van der Waals surface area contributed by atoms with Crippen LogP contribution in [-0.4, -0.2) is 0 Å². The highest BCUT2D eigenvalue weighted by molar-refractivity contribution is 9.10. The van der Waals surface area contributed by atoms with E-state index in [4.69, 9.17) is 0 Å². The summed E-state index contributed by atoms with van der Waals surface area (Å²) in [6.07, 6.45) is 1.50. The first-order valence-corrected chi connectivity index (χ1v) is 6.94. The summed E-state index contributed by atoms with van der Waals surface area (Å²) in [7, 11) is 0. The summed E-state index contributed by atoms with van der Waals surface area (Å²) in [6, 6.07) is 10.2. The van der Waals surface area contributed by atoms with E-state index in [1.807, 2.05) is 24.3 Å². The fourth-order valence-electron chi connectivity index (χ4n) is 2.52. The quantitative estimate of drug-likeness (QED) is 0.741. The number of anilines is 1. The van der Waals surface area contributed by atoms with Crippen LogP contribution in [-0.2, 0) is 6.42 Å². The van der Waals surface area contributed by atoms with E-state index in [2.05, 4.69) is 21.2 Å². The van der Waals surface area contributed by atoms with Gasteiger partial charge in [-0.1, -0.05) is 18.2 Å². The Labute approximate surface area is 118 Å². The zero-order valence-corrected chi connectivity index (χ0v) is 11.7. The van der Waals surface area contributed by atoms with E-state index in [-0.39, 0.29) is 11.6 Å². The van der Waals surface area contributed by atoms with Gasteiger partial charge < -0.3 is 5.32 Å². The van der Waals surface area contributed by atoms with Crippen molar-refractivity contribution in [2.45, 2.75) is 18.9 Å². The van der Waals surface area contributed by atoms with Crippen molar-refractivity contribution in [2.75, 3.05) is 5.32 Å². The van der Waals surface area contributed by atoms with Gasteiger partial charge in [-0.05, 0) is 52.5 Å². The van der Waals surface area contributed by atoms with Gasteiger partial charge in [0.1, 0.15) is 11.6 Å². The molecule has 1 aliphatic heterocycles. The minimum absolute atomic E-state index is 0.115. The van der Waals surface area contributed by atoms with Crippen LogP contribution in [0.3, 0.4) is 0 Å². The topological polar surface area (TPSA) is 12.0 Å². The molecule has 4 heteroatoms. The van der Waals surface area contributed by atoms with Crippen LogP contribution in [0.15, 0.2) is 40.9 Å². The molecule has 0 aromatic heterocycles. The molecular formula is C15H12BrF2N. The molecule has 0 radical (unpaired) electrons. The molecule has 2 aromatic rings. The van der Waals surface area contributed by atoms with Gasteiger partial charge in [0.15, 0.2) is 0 Å². The van der Waals surface area contributed by atoms with Crippen LogP contribution in [0.4, 0.5) is 14.5 Å². The zero-order valence-electron chi connectivity index (χ0n) is 10.1. The maximum Gasteiger partial charge on any atom is 0.145 e. The van der Waals surface area contributed by atoms with Gasteiger partial charge >= 0.3 is 0 Å². The van der Waals surface area contributed by atoms with Gasteiger partial charge in [0.05, 0.1) is 10.5 Å². The molecule has 1 atom stereocenters. The number of nitrogens with one attached hydrogen (secondary N) is 1. The van der Waals surface area contributed by atoms with Crippen molar-refractivity contribution in [3.63, 3.8) is 0 Å². The van der Waals surface area contributed by atoms with Crippen LogP contribution in [0.25, 0.3) is 0 Å². The average Bonchev–Trinajstić information content (AvgIpc) is 2.43. The number of halogens is 3. The van der Waals surface area contributed by atoms with Gasteiger partial charge in [0.2, 0.25) is 0 Å². The van der Waals surface area contributed by atoms with E-state index in [1.165, 1.54) is 17.7 Å². The summed E-state index contributed by atoms with van der Waals surface area (Å²) < 4.78 is 28.3. The van der Waals surface area contributed by atoms with Crippen LogP contribution in [0, 0.1) is 11.6 Å². The molecule has 0 amide bonds. The highest BCUT2D eigenvalue weighted by atomic mass is 79.9. The molecule has 0 bridgehead atoms. The van der Waals surface area contributed by atoms with Crippen LogP contribution in [0.2, 0.25) is 0 Å². The summed E-state index contributed by atoms with van der Waals surface area (Å²) in [5, 5.41) is 3.22. The Morgan fingerprint density at radius 3 is 2.74 bits per heavy atom. The molecule has 0 aliphatic carbocycles. The van der Waals surface area contributed by atoms with Gasteiger partial charge in [-0.15, -0.1) is 0 Å². The fourth-order valence-corrected chi connectivity index (χ4v) is 2.86. The lowest BCUT2D eigenvalue weighted by Crippen LogP contribution is -2.20. The number of fused-ring (bicyclic) bond motifs is 1. The maximum atomic E-state index is 14.1. The highest BCUT2D eigenvalue weighted by Gasteiger charge is 2.25. The van der Waals surface area contributed by atoms with E-state index in [9.17, 15) is 8.78 Å². The average molecular weight is 324 g/mol. The largest absolute Gasteiger partial charge is 0.378 e. The lowest BCUT2D eigenvalue weighted by Gasteiger charge is -2.28. The molecule has 0 saturated carbocycles. The third kappa shape index (κ3) is 2.25. The molecule has 1 heterocycles. The first kappa shape index (κ1) is 12.6. The van der Waals surface area contributed by atoms with Crippen molar-refractivity contribution in [3.05, 3.63) is 63.6 Å². The Kier molecular flexibility index (Phi) is 3.27. The summed E-state index contributed by atoms with van der Waals surface area (Å²) >= 11 is 3.11. The standard InChI is InChI=1S/C15H12BrF2N/c16-10-6-7-11(17)14(15(10)18)13-8-5-9-3-1-2-4-12(9)19-13/h1-4,6-7,13,19H,5,8H2. The van der Waals surface area contributed by atoms with Crippen LogP contribution in [0.5, 0.6) is 0 Å². The Balaban J connectivity index is 2.00. The van der Waals surface area contributed by atoms with E-state index in [1.54, 1.807) is 0 Å². The lowest BCUT2D eigenvalue weighted by atomic mass is 9.93. The SMILES string of the molecule is Fc1ccc(Br)c(F)c1C1CCc2ccccc2N1. The molecule has 1 unspecified atom stereocenters. The Hall–Kier alpha value is -1.42. The minimum Gasteiger partial charge on any atom is -0.378 e. The summed E-state index contributed by atoms with van der Waals surface area (Å²) in [5.41, 5.74) is 2.26. The van der Waals surface area contributed by atoms with Gasteiger partial charge in [0, 0.05) is 11.3 Å². The van der Waals surface area contributed by atoms with Crippen LogP contribution >= 0.6 is 15.9 Å². The van der Waals surface area contributed by atoms with Crippen molar-refractivity contribution >= 4 is 21.6 Å².